The van der Waals surface area contributed by atoms with Gasteiger partial charge >= 0.3 is 0 Å². The number of halogens is 1. The molecule has 128 valence electrons. The van der Waals surface area contributed by atoms with Crippen LogP contribution in [0.25, 0.3) is 0 Å². The fourth-order valence-electron chi connectivity index (χ4n) is 3.14. The SMILES string of the molecule is O=C1CCC(C(=O)NC2CCN(C(=O)c3ccccc3F)CC2)N1. The highest BCUT2D eigenvalue weighted by Crippen LogP contribution is 2.16. The van der Waals surface area contributed by atoms with Gasteiger partial charge in [0.05, 0.1) is 5.56 Å². The molecule has 2 aliphatic heterocycles. The number of hydrogen-bond acceptors (Lipinski definition) is 3. The van der Waals surface area contributed by atoms with E-state index in [2.05, 4.69) is 10.6 Å². The molecule has 24 heavy (non-hydrogen) atoms. The second-order valence-electron chi connectivity index (χ2n) is 6.21. The van der Waals surface area contributed by atoms with Gasteiger partial charge in [-0.05, 0) is 31.4 Å². The highest BCUT2D eigenvalue weighted by Gasteiger charge is 2.30. The number of carbonyl (C=O) groups excluding carboxylic acids is 3. The molecule has 2 saturated heterocycles. The summed E-state index contributed by atoms with van der Waals surface area (Å²) in [5.41, 5.74) is 0.0775. The average molecular weight is 333 g/mol. The standard InChI is InChI=1S/C17H20FN3O3/c18-13-4-2-1-3-12(13)17(24)21-9-7-11(8-10-21)19-16(23)14-5-6-15(22)20-14/h1-4,11,14H,5-10H2,(H,19,23)(H,20,22). The van der Waals surface area contributed by atoms with Gasteiger partial charge in [-0.15, -0.1) is 0 Å². The summed E-state index contributed by atoms with van der Waals surface area (Å²) >= 11 is 0. The summed E-state index contributed by atoms with van der Waals surface area (Å²) in [5, 5.41) is 5.57. The number of nitrogens with zero attached hydrogens (tertiary/aromatic N) is 1. The molecule has 0 spiro atoms. The molecule has 1 aromatic rings. The number of hydrogen-bond donors (Lipinski definition) is 2. The summed E-state index contributed by atoms with van der Waals surface area (Å²) in [4.78, 5) is 37.2. The second kappa shape index (κ2) is 6.98. The first-order valence-electron chi connectivity index (χ1n) is 8.18. The second-order valence-corrected chi connectivity index (χ2v) is 6.21. The van der Waals surface area contributed by atoms with Gasteiger partial charge in [0.15, 0.2) is 0 Å². The van der Waals surface area contributed by atoms with Gasteiger partial charge in [-0.2, -0.15) is 0 Å². The van der Waals surface area contributed by atoms with Crippen LogP contribution >= 0.6 is 0 Å². The lowest BCUT2D eigenvalue weighted by Gasteiger charge is -2.33. The predicted octanol–water partition coefficient (Wildman–Crippen LogP) is 0.825. The summed E-state index contributed by atoms with van der Waals surface area (Å²) in [5.74, 6) is -1.10. The van der Waals surface area contributed by atoms with Crippen molar-refractivity contribution in [2.75, 3.05) is 13.1 Å². The highest BCUT2D eigenvalue weighted by atomic mass is 19.1. The molecule has 2 N–H and O–H groups in total. The van der Waals surface area contributed by atoms with Crippen molar-refractivity contribution in [1.29, 1.82) is 0 Å². The average Bonchev–Trinajstić information content (AvgIpc) is 3.02. The van der Waals surface area contributed by atoms with E-state index in [9.17, 15) is 18.8 Å². The number of rotatable bonds is 3. The smallest absolute Gasteiger partial charge is 0.256 e. The number of carbonyl (C=O) groups is 3. The van der Waals surface area contributed by atoms with Crippen LogP contribution in [0, 0.1) is 5.82 Å². The maximum absolute atomic E-state index is 13.7. The van der Waals surface area contributed by atoms with Gasteiger partial charge in [0.1, 0.15) is 11.9 Å². The van der Waals surface area contributed by atoms with E-state index < -0.39 is 11.9 Å². The Morgan fingerprint density at radius 2 is 1.88 bits per heavy atom. The lowest BCUT2D eigenvalue weighted by Crippen LogP contribution is -2.50. The summed E-state index contributed by atoms with van der Waals surface area (Å²) in [6.07, 6.45) is 2.14. The number of likely N-dealkylation sites (tertiary alicyclic amines) is 1. The van der Waals surface area contributed by atoms with Crippen molar-refractivity contribution in [1.82, 2.24) is 15.5 Å². The third kappa shape index (κ3) is 3.55. The first-order chi connectivity index (χ1) is 11.5. The topological polar surface area (TPSA) is 78.5 Å². The van der Waals surface area contributed by atoms with Crippen molar-refractivity contribution >= 4 is 17.7 Å². The molecule has 7 heteroatoms. The van der Waals surface area contributed by atoms with Gasteiger partial charge in [-0.3, -0.25) is 14.4 Å². The van der Waals surface area contributed by atoms with Crippen LogP contribution in [0.15, 0.2) is 24.3 Å². The molecule has 3 rings (SSSR count). The first kappa shape index (κ1) is 16.4. The number of nitrogens with one attached hydrogen (secondary N) is 2. The molecule has 3 amide bonds. The maximum atomic E-state index is 13.7. The normalized spacial score (nSPS) is 21.5. The fourth-order valence-corrected chi connectivity index (χ4v) is 3.14. The summed E-state index contributed by atoms with van der Waals surface area (Å²) in [7, 11) is 0. The van der Waals surface area contributed by atoms with E-state index in [-0.39, 0.29) is 29.3 Å². The van der Waals surface area contributed by atoms with Crippen LogP contribution in [0.4, 0.5) is 4.39 Å². The molecule has 2 aliphatic rings. The summed E-state index contributed by atoms with van der Waals surface area (Å²) in [6, 6.07) is 5.47. The third-order valence-corrected chi connectivity index (χ3v) is 4.54. The van der Waals surface area contributed by atoms with E-state index in [1.165, 1.54) is 12.1 Å². The molecule has 1 atom stereocenters. The van der Waals surface area contributed by atoms with Crippen LogP contribution in [0.2, 0.25) is 0 Å². The predicted molar refractivity (Wildman–Crippen MR) is 84.6 cm³/mol. The Bertz CT molecular complexity index is 656. The molecule has 1 aromatic carbocycles. The maximum Gasteiger partial charge on any atom is 0.256 e. The minimum Gasteiger partial charge on any atom is -0.351 e. The quantitative estimate of drug-likeness (QED) is 0.860. The van der Waals surface area contributed by atoms with Crippen molar-refractivity contribution in [3.05, 3.63) is 35.6 Å². The van der Waals surface area contributed by atoms with E-state index in [1.54, 1.807) is 17.0 Å². The van der Waals surface area contributed by atoms with Crippen LogP contribution in [0.1, 0.15) is 36.0 Å². The molecule has 2 fully saturated rings. The van der Waals surface area contributed by atoms with Crippen molar-refractivity contribution in [2.45, 2.75) is 37.8 Å². The van der Waals surface area contributed by atoms with Gasteiger partial charge in [0.25, 0.3) is 5.91 Å². The van der Waals surface area contributed by atoms with Crippen LogP contribution in [0.5, 0.6) is 0 Å². The Morgan fingerprint density at radius 1 is 1.17 bits per heavy atom. The lowest BCUT2D eigenvalue weighted by molar-refractivity contribution is -0.126. The van der Waals surface area contributed by atoms with E-state index in [1.807, 2.05) is 0 Å². The molecule has 2 heterocycles. The van der Waals surface area contributed by atoms with Crippen molar-refractivity contribution in [3.8, 4) is 0 Å². The Hall–Kier alpha value is -2.44. The summed E-state index contributed by atoms with van der Waals surface area (Å²) in [6.45, 7) is 0.935. The van der Waals surface area contributed by atoms with Crippen LogP contribution < -0.4 is 10.6 Å². The van der Waals surface area contributed by atoms with Gasteiger partial charge in [-0.1, -0.05) is 12.1 Å². The van der Waals surface area contributed by atoms with E-state index in [4.69, 9.17) is 0 Å². The Balaban J connectivity index is 1.51. The minimum atomic E-state index is -0.519. The molecule has 0 aromatic heterocycles. The van der Waals surface area contributed by atoms with E-state index in [0.717, 1.165) is 0 Å². The molecule has 0 bridgehead atoms. The van der Waals surface area contributed by atoms with E-state index >= 15 is 0 Å². The molecule has 0 radical (unpaired) electrons. The summed E-state index contributed by atoms with van der Waals surface area (Å²) < 4.78 is 13.7. The fraction of sp³-hybridized carbons (Fsp3) is 0.471. The molecule has 1 unspecified atom stereocenters. The van der Waals surface area contributed by atoms with Gasteiger partial charge in [0.2, 0.25) is 11.8 Å². The molecule has 0 aliphatic carbocycles. The third-order valence-electron chi connectivity index (χ3n) is 4.54. The monoisotopic (exact) mass is 333 g/mol. The lowest BCUT2D eigenvalue weighted by atomic mass is 10.0. The molecular formula is C17H20FN3O3. The first-order valence-corrected chi connectivity index (χ1v) is 8.18. The van der Waals surface area contributed by atoms with E-state index in [0.29, 0.717) is 38.8 Å². The van der Waals surface area contributed by atoms with Crippen LogP contribution in [-0.4, -0.2) is 47.8 Å². The van der Waals surface area contributed by atoms with Gasteiger partial charge < -0.3 is 15.5 Å². The van der Waals surface area contributed by atoms with Crippen LogP contribution in [-0.2, 0) is 9.59 Å². The van der Waals surface area contributed by atoms with Gasteiger partial charge in [-0.25, -0.2) is 4.39 Å². The number of amides is 3. The zero-order valence-corrected chi connectivity index (χ0v) is 13.3. The Kier molecular flexibility index (Phi) is 4.78. The molecular weight excluding hydrogens is 313 g/mol. The zero-order valence-electron chi connectivity index (χ0n) is 13.3. The number of benzene rings is 1. The van der Waals surface area contributed by atoms with Crippen LogP contribution in [0.3, 0.4) is 0 Å². The number of piperidine rings is 1. The largest absolute Gasteiger partial charge is 0.351 e. The highest BCUT2D eigenvalue weighted by molar-refractivity contribution is 5.94. The minimum absolute atomic E-state index is 0.0281. The van der Waals surface area contributed by atoms with Gasteiger partial charge in [0, 0.05) is 25.6 Å². The Labute approximate surface area is 139 Å². The zero-order chi connectivity index (χ0) is 17.1. The van der Waals surface area contributed by atoms with Crippen molar-refractivity contribution < 1.29 is 18.8 Å². The molecule has 6 nitrogen and oxygen atoms in total. The van der Waals surface area contributed by atoms with Crippen molar-refractivity contribution in [2.24, 2.45) is 0 Å². The Morgan fingerprint density at radius 3 is 2.50 bits per heavy atom. The molecule has 0 saturated carbocycles. The van der Waals surface area contributed by atoms with Crippen molar-refractivity contribution in [3.63, 3.8) is 0 Å².